The Kier molecular flexibility index (Phi) is 4.89. The van der Waals surface area contributed by atoms with Gasteiger partial charge < -0.3 is 9.47 Å². The minimum atomic E-state index is -0.240. The van der Waals surface area contributed by atoms with Crippen molar-refractivity contribution in [3.63, 3.8) is 0 Å². The van der Waals surface area contributed by atoms with Gasteiger partial charge in [0.25, 0.3) is 0 Å². The van der Waals surface area contributed by atoms with E-state index in [4.69, 9.17) is 0 Å². The molecule has 0 bridgehead atoms. The van der Waals surface area contributed by atoms with Gasteiger partial charge in [-0.05, 0) is 49.6 Å². The third-order valence-electron chi connectivity index (χ3n) is 6.30. The molecule has 1 fully saturated rings. The second-order valence-electron chi connectivity index (χ2n) is 8.48. The molecule has 1 aliphatic heterocycles. The molecule has 2 heterocycles. The molecule has 2 amide bonds. The zero-order chi connectivity index (χ0) is 21.5. The zero-order valence-electron chi connectivity index (χ0n) is 18.0. The monoisotopic (exact) mass is 413 g/mol. The lowest BCUT2D eigenvalue weighted by atomic mass is 9.97. The fraction of sp³-hybridized carbons (Fsp3) is 0.308. The highest BCUT2D eigenvalue weighted by Gasteiger charge is 2.39. The van der Waals surface area contributed by atoms with Crippen LogP contribution >= 0.6 is 0 Å². The van der Waals surface area contributed by atoms with E-state index in [2.05, 4.69) is 41.8 Å². The first kappa shape index (κ1) is 19.6. The summed E-state index contributed by atoms with van der Waals surface area (Å²) in [6.45, 7) is 4.05. The average molecular weight is 414 g/mol. The summed E-state index contributed by atoms with van der Waals surface area (Å²) in [6, 6.07) is 20.4. The van der Waals surface area contributed by atoms with E-state index in [1.807, 2.05) is 48.4 Å². The van der Waals surface area contributed by atoms with E-state index in [1.165, 1.54) is 5.56 Å². The zero-order valence-corrected chi connectivity index (χ0v) is 18.0. The number of para-hydroxylation sites is 2. The molecular weight excluding hydrogens is 386 g/mol. The van der Waals surface area contributed by atoms with Crippen LogP contribution in [0.25, 0.3) is 5.69 Å². The number of amides is 2. The van der Waals surface area contributed by atoms with Crippen LogP contribution in [0.3, 0.4) is 0 Å². The van der Waals surface area contributed by atoms with Crippen molar-refractivity contribution in [1.82, 2.24) is 9.47 Å². The molecule has 5 heteroatoms. The minimum absolute atomic E-state index is 0.0424. The van der Waals surface area contributed by atoms with Gasteiger partial charge in [0.1, 0.15) is 12.6 Å². The van der Waals surface area contributed by atoms with E-state index in [0.29, 0.717) is 6.42 Å². The molecule has 1 saturated carbocycles. The largest absolute Gasteiger partial charge is 0.330 e. The van der Waals surface area contributed by atoms with Crippen molar-refractivity contribution in [3.8, 4) is 5.69 Å². The lowest BCUT2D eigenvalue weighted by Crippen LogP contribution is -2.47. The number of hydrogen-bond donors (Lipinski definition) is 0. The quantitative estimate of drug-likeness (QED) is 0.613. The summed E-state index contributed by atoms with van der Waals surface area (Å²) >= 11 is 0. The van der Waals surface area contributed by atoms with Crippen LogP contribution in [0, 0.1) is 6.92 Å². The molecule has 1 unspecified atom stereocenters. The van der Waals surface area contributed by atoms with E-state index >= 15 is 0 Å². The molecule has 5 rings (SSSR count). The number of rotatable bonds is 5. The second-order valence-corrected chi connectivity index (χ2v) is 8.48. The normalized spacial score (nSPS) is 17.1. The number of aryl methyl sites for hydroxylation is 1. The summed E-state index contributed by atoms with van der Waals surface area (Å²) in [4.78, 5) is 30.1. The lowest BCUT2D eigenvalue weighted by molar-refractivity contribution is -0.135. The lowest BCUT2D eigenvalue weighted by Gasteiger charge is -2.39. The number of hydrogen-bond acceptors (Lipinski definition) is 2. The van der Waals surface area contributed by atoms with Crippen LogP contribution in [0.15, 0.2) is 66.9 Å². The highest BCUT2D eigenvalue weighted by Crippen LogP contribution is 2.42. The molecule has 0 spiro atoms. The van der Waals surface area contributed by atoms with E-state index in [-0.39, 0.29) is 30.4 Å². The Morgan fingerprint density at radius 1 is 0.968 bits per heavy atom. The molecule has 0 radical (unpaired) electrons. The van der Waals surface area contributed by atoms with Crippen molar-refractivity contribution in [1.29, 1.82) is 0 Å². The van der Waals surface area contributed by atoms with Gasteiger partial charge in [-0.25, -0.2) is 0 Å². The highest BCUT2D eigenvalue weighted by atomic mass is 16.2. The molecule has 1 aliphatic carbocycles. The number of carbonyl (C=O) groups excluding carboxylic acids is 2. The number of carbonyl (C=O) groups is 2. The summed E-state index contributed by atoms with van der Waals surface area (Å²) in [7, 11) is 0. The van der Waals surface area contributed by atoms with Crippen molar-refractivity contribution >= 4 is 17.5 Å². The SMILES string of the molecule is CCC(=O)N(CC(=O)N1c2ccccc2-n2cccc2C1c1ccc(C)cc1)C1CC1. The first-order valence-electron chi connectivity index (χ1n) is 11.0. The third kappa shape index (κ3) is 3.44. The van der Waals surface area contributed by atoms with E-state index in [0.717, 1.165) is 35.5 Å². The minimum Gasteiger partial charge on any atom is -0.330 e. The summed E-state index contributed by atoms with van der Waals surface area (Å²) in [5, 5.41) is 0. The molecule has 2 aromatic carbocycles. The van der Waals surface area contributed by atoms with Gasteiger partial charge in [0.15, 0.2) is 0 Å². The van der Waals surface area contributed by atoms with Gasteiger partial charge in [-0.2, -0.15) is 0 Å². The molecular formula is C26H27N3O2. The van der Waals surface area contributed by atoms with E-state index < -0.39 is 0 Å². The van der Waals surface area contributed by atoms with Crippen LogP contribution in [0.4, 0.5) is 5.69 Å². The Labute approximate surface area is 182 Å². The molecule has 0 N–H and O–H groups in total. The Bertz CT molecular complexity index is 1130. The Hall–Kier alpha value is -3.34. The maximum Gasteiger partial charge on any atom is 0.247 e. The van der Waals surface area contributed by atoms with Crippen LogP contribution in [0.5, 0.6) is 0 Å². The van der Waals surface area contributed by atoms with Crippen molar-refractivity contribution in [2.75, 3.05) is 11.4 Å². The van der Waals surface area contributed by atoms with E-state index in [1.54, 1.807) is 4.90 Å². The number of fused-ring (bicyclic) bond motifs is 3. The number of aromatic nitrogens is 1. The van der Waals surface area contributed by atoms with Gasteiger partial charge in [-0.15, -0.1) is 0 Å². The van der Waals surface area contributed by atoms with Gasteiger partial charge in [-0.1, -0.05) is 48.9 Å². The Morgan fingerprint density at radius 3 is 2.35 bits per heavy atom. The summed E-state index contributed by atoms with van der Waals surface area (Å²) in [5.41, 5.74) is 5.16. The first-order chi connectivity index (χ1) is 15.1. The molecule has 158 valence electrons. The maximum atomic E-state index is 13.8. The number of benzene rings is 2. The molecule has 2 aliphatic rings. The van der Waals surface area contributed by atoms with Crippen LogP contribution in [0.1, 0.15) is 49.0 Å². The van der Waals surface area contributed by atoms with Gasteiger partial charge in [0.2, 0.25) is 11.8 Å². The Morgan fingerprint density at radius 2 is 1.68 bits per heavy atom. The van der Waals surface area contributed by atoms with Crippen molar-refractivity contribution in [3.05, 3.63) is 83.7 Å². The van der Waals surface area contributed by atoms with E-state index in [9.17, 15) is 9.59 Å². The molecule has 31 heavy (non-hydrogen) atoms. The van der Waals surface area contributed by atoms with Gasteiger partial charge in [0.05, 0.1) is 17.1 Å². The Balaban J connectivity index is 1.60. The number of nitrogens with zero attached hydrogens (tertiary/aromatic N) is 3. The first-order valence-corrected chi connectivity index (χ1v) is 11.0. The van der Waals surface area contributed by atoms with Gasteiger partial charge in [0, 0.05) is 18.7 Å². The van der Waals surface area contributed by atoms with Crippen molar-refractivity contribution < 1.29 is 9.59 Å². The topological polar surface area (TPSA) is 45.6 Å². The van der Waals surface area contributed by atoms with Crippen LogP contribution < -0.4 is 4.90 Å². The van der Waals surface area contributed by atoms with Crippen molar-refractivity contribution in [2.45, 2.75) is 45.2 Å². The highest BCUT2D eigenvalue weighted by molar-refractivity contribution is 6.00. The summed E-state index contributed by atoms with van der Waals surface area (Å²) in [6.07, 6.45) is 4.44. The second kappa shape index (κ2) is 7.73. The molecule has 0 saturated heterocycles. The predicted octanol–water partition coefficient (Wildman–Crippen LogP) is 4.62. The fourth-order valence-electron chi connectivity index (χ4n) is 4.56. The predicted molar refractivity (Wildman–Crippen MR) is 121 cm³/mol. The fourth-order valence-corrected chi connectivity index (χ4v) is 4.56. The van der Waals surface area contributed by atoms with Gasteiger partial charge >= 0.3 is 0 Å². The smallest absolute Gasteiger partial charge is 0.247 e. The van der Waals surface area contributed by atoms with Crippen LogP contribution in [0.2, 0.25) is 0 Å². The number of anilines is 1. The maximum absolute atomic E-state index is 13.8. The molecule has 1 aromatic heterocycles. The van der Waals surface area contributed by atoms with Crippen LogP contribution in [-0.2, 0) is 9.59 Å². The summed E-state index contributed by atoms with van der Waals surface area (Å²) in [5.74, 6) is 0.00980. The average Bonchev–Trinajstić information content (AvgIpc) is 3.51. The molecule has 1 atom stereocenters. The van der Waals surface area contributed by atoms with Crippen LogP contribution in [-0.4, -0.2) is 33.9 Å². The standard InChI is InChI=1S/C26H27N3O2/c1-3-24(30)28(20-14-15-20)17-25(31)29-22-8-5-4-7-21(22)27-16-6-9-23(27)26(29)19-12-10-18(2)11-13-19/h4-13,16,20,26H,3,14-15,17H2,1-2H3. The molecule has 5 nitrogen and oxygen atoms in total. The molecule has 3 aromatic rings. The summed E-state index contributed by atoms with van der Waals surface area (Å²) < 4.78 is 2.17. The van der Waals surface area contributed by atoms with Crippen molar-refractivity contribution in [2.24, 2.45) is 0 Å². The van der Waals surface area contributed by atoms with Gasteiger partial charge in [-0.3, -0.25) is 14.5 Å². The third-order valence-corrected chi connectivity index (χ3v) is 6.30.